The Kier molecular flexibility index (Phi) is 2.18. The van der Waals surface area contributed by atoms with E-state index >= 15 is 0 Å². The van der Waals surface area contributed by atoms with Gasteiger partial charge in [0.05, 0.1) is 0 Å². The maximum Gasteiger partial charge on any atom is 0.0236 e. The highest BCUT2D eigenvalue weighted by Gasteiger charge is 2.66. The zero-order chi connectivity index (χ0) is 12.6. The van der Waals surface area contributed by atoms with Gasteiger partial charge in [-0.3, -0.25) is 0 Å². The van der Waals surface area contributed by atoms with E-state index in [9.17, 15) is 0 Å². The van der Waals surface area contributed by atoms with E-state index in [1.54, 1.807) is 38.5 Å². The molecular formula is C17H29N. The van der Waals surface area contributed by atoms with E-state index in [2.05, 4.69) is 26.2 Å². The van der Waals surface area contributed by atoms with E-state index in [4.69, 9.17) is 0 Å². The molecule has 0 spiro atoms. The molecule has 0 amide bonds. The summed E-state index contributed by atoms with van der Waals surface area (Å²) in [6, 6.07) is 0. The predicted molar refractivity (Wildman–Crippen MR) is 75.4 cm³/mol. The average Bonchev–Trinajstić information content (AvgIpc) is 3.07. The molecule has 0 saturated heterocycles. The normalized spacial score (nSPS) is 48.5. The summed E-state index contributed by atoms with van der Waals surface area (Å²) in [5.74, 6) is 3.26. The molecule has 0 radical (unpaired) electrons. The Morgan fingerprint density at radius 3 is 1.67 bits per heavy atom. The van der Waals surface area contributed by atoms with Crippen molar-refractivity contribution in [2.24, 2.45) is 28.6 Å². The molecule has 5 rings (SSSR count). The first-order valence-corrected chi connectivity index (χ1v) is 8.19. The van der Waals surface area contributed by atoms with Crippen LogP contribution in [0.25, 0.3) is 0 Å². The molecule has 102 valence electrons. The van der Waals surface area contributed by atoms with Crippen LogP contribution >= 0.6 is 0 Å². The minimum Gasteiger partial charge on any atom is -0.314 e. The van der Waals surface area contributed by atoms with Gasteiger partial charge in [0, 0.05) is 5.54 Å². The SMILES string of the molecule is CNC1(C(C)(C)C23CC4CC(CC(C4)C2)C3)CC1. The van der Waals surface area contributed by atoms with Crippen LogP contribution in [-0.4, -0.2) is 12.6 Å². The van der Waals surface area contributed by atoms with Crippen molar-refractivity contribution in [2.45, 2.75) is 70.8 Å². The van der Waals surface area contributed by atoms with Crippen LogP contribution in [0.1, 0.15) is 65.2 Å². The van der Waals surface area contributed by atoms with E-state index in [1.165, 1.54) is 12.8 Å². The first-order chi connectivity index (χ1) is 8.50. The summed E-state index contributed by atoms with van der Waals surface area (Å²) in [5, 5.41) is 3.72. The summed E-state index contributed by atoms with van der Waals surface area (Å²) < 4.78 is 0. The number of rotatable bonds is 3. The highest BCUT2D eigenvalue weighted by atomic mass is 15.0. The Morgan fingerprint density at radius 2 is 1.33 bits per heavy atom. The van der Waals surface area contributed by atoms with Crippen LogP contribution in [0.2, 0.25) is 0 Å². The van der Waals surface area contributed by atoms with E-state index in [0.29, 0.717) is 16.4 Å². The average molecular weight is 247 g/mol. The third kappa shape index (κ3) is 1.27. The number of hydrogen-bond acceptors (Lipinski definition) is 1. The Labute approximate surface area is 112 Å². The van der Waals surface area contributed by atoms with Crippen LogP contribution in [0.15, 0.2) is 0 Å². The van der Waals surface area contributed by atoms with Gasteiger partial charge < -0.3 is 5.32 Å². The lowest BCUT2D eigenvalue weighted by atomic mass is 9.41. The van der Waals surface area contributed by atoms with Crippen LogP contribution in [-0.2, 0) is 0 Å². The zero-order valence-corrected chi connectivity index (χ0v) is 12.4. The molecule has 1 N–H and O–H groups in total. The molecule has 4 bridgehead atoms. The van der Waals surface area contributed by atoms with E-state index in [0.717, 1.165) is 17.8 Å². The van der Waals surface area contributed by atoms with Crippen molar-refractivity contribution in [1.82, 2.24) is 5.32 Å². The van der Waals surface area contributed by atoms with E-state index in [1.807, 2.05) is 0 Å². The first-order valence-electron chi connectivity index (χ1n) is 8.19. The first kappa shape index (κ1) is 11.8. The number of hydrogen-bond donors (Lipinski definition) is 1. The quantitative estimate of drug-likeness (QED) is 0.795. The Balaban J connectivity index is 1.71. The zero-order valence-electron chi connectivity index (χ0n) is 12.4. The molecule has 0 aromatic carbocycles. The summed E-state index contributed by atoms with van der Waals surface area (Å²) in [6.07, 6.45) is 12.2. The van der Waals surface area contributed by atoms with Crippen molar-refractivity contribution in [1.29, 1.82) is 0 Å². The maximum atomic E-state index is 3.72. The third-order valence-corrected chi connectivity index (χ3v) is 7.79. The van der Waals surface area contributed by atoms with E-state index < -0.39 is 0 Å². The fraction of sp³-hybridized carbons (Fsp3) is 1.00. The lowest BCUT2D eigenvalue weighted by Gasteiger charge is -2.64. The Hall–Kier alpha value is -0.0400. The molecular weight excluding hydrogens is 218 g/mol. The largest absolute Gasteiger partial charge is 0.314 e. The Morgan fingerprint density at radius 1 is 0.889 bits per heavy atom. The van der Waals surface area contributed by atoms with Crippen LogP contribution < -0.4 is 5.32 Å². The lowest BCUT2D eigenvalue weighted by Crippen LogP contribution is -2.59. The summed E-state index contributed by atoms with van der Waals surface area (Å²) in [6.45, 7) is 5.20. The minimum atomic E-state index is 0.485. The van der Waals surface area contributed by atoms with Gasteiger partial charge in [-0.25, -0.2) is 0 Å². The van der Waals surface area contributed by atoms with Gasteiger partial charge in [-0.05, 0) is 87.0 Å². The molecule has 5 aliphatic carbocycles. The van der Waals surface area contributed by atoms with Crippen molar-refractivity contribution in [3.05, 3.63) is 0 Å². The van der Waals surface area contributed by atoms with Gasteiger partial charge in [-0.1, -0.05) is 13.8 Å². The second-order valence-corrected chi connectivity index (χ2v) is 8.65. The molecule has 5 saturated carbocycles. The van der Waals surface area contributed by atoms with Crippen molar-refractivity contribution >= 4 is 0 Å². The van der Waals surface area contributed by atoms with Crippen LogP contribution in [0.5, 0.6) is 0 Å². The molecule has 0 aliphatic heterocycles. The molecule has 18 heavy (non-hydrogen) atoms. The minimum absolute atomic E-state index is 0.485. The van der Waals surface area contributed by atoms with Crippen molar-refractivity contribution in [3.63, 3.8) is 0 Å². The summed E-state index contributed by atoms with van der Waals surface area (Å²) >= 11 is 0. The molecule has 5 aliphatic rings. The van der Waals surface area contributed by atoms with Gasteiger partial charge in [0.15, 0.2) is 0 Å². The van der Waals surface area contributed by atoms with Crippen LogP contribution in [0.3, 0.4) is 0 Å². The van der Waals surface area contributed by atoms with Crippen LogP contribution in [0.4, 0.5) is 0 Å². The van der Waals surface area contributed by atoms with Crippen molar-refractivity contribution < 1.29 is 0 Å². The second-order valence-electron chi connectivity index (χ2n) is 8.65. The monoisotopic (exact) mass is 247 g/mol. The number of nitrogens with one attached hydrogen (secondary N) is 1. The Bertz CT molecular complexity index is 329. The predicted octanol–water partition coefficient (Wildman–Crippen LogP) is 3.98. The fourth-order valence-corrected chi connectivity index (χ4v) is 6.70. The van der Waals surface area contributed by atoms with Crippen molar-refractivity contribution in [2.75, 3.05) is 7.05 Å². The van der Waals surface area contributed by atoms with Crippen molar-refractivity contribution in [3.8, 4) is 0 Å². The van der Waals surface area contributed by atoms with Gasteiger partial charge in [-0.2, -0.15) is 0 Å². The molecule has 0 atom stereocenters. The molecule has 0 unspecified atom stereocenters. The van der Waals surface area contributed by atoms with E-state index in [-0.39, 0.29) is 0 Å². The molecule has 0 heterocycles. The highest BCUT2D eigenvalue weighted by molar-refractivity contribution is 5.19. The summed E-state index contributed by atoms with van der Waals surface area (Å²) in [4.78, 5) is 0. The standard InChI is InChI=1S/C17H29N/c1-15(2,17(18-3)4-5-17)16-9-12-6-13(10-16)8-14(7-12)11-16/h12-14,18H,4-11H2,1-3H3. The topological polar surface area (TPSA) is 12.0 Å². The van der Waals surface area contributed by atoms with Gasteiger partial charge in [0.1, 0.15) is 0 Å². The molecule has 5 fully saturated rings. The molecule has 0 aromatic heterocycles. The third-order valence-electron chi connectivity index (χ3n) is 7.79. The summed E-state index contributed by atoms with van der Waals surface area (Å²) in [5.41, 5.74) is 1.67. The van der Waals surface area contributed by atoms with Gasteiger partial charge in [0.2, 0.25) is 0 Å². The van der Waals surface area contributed by atoms with Gasteiger partial charge in [0.25, 0.3) is 0 Å². The molecule has 1 heteroatoms. The van der Waals surface area contributed by atoms with Gasteiger partial charge >= 0.3 is 0 Å². The van der Waals surface area contributed by atoms with Crippen LogP contribution in [0, 0.1) is 28.6 Å². The highest BCUT2D eigenvalue weighted by Crippen LogP contribution is 2.71. The smallest absolute Gasteiger partial charge is 0.0236 e. The maximum absolute atomic E-state index is 3.72. The lowest BCUT2D eigenvalue weighted by molar-refractivity contribution is -0.135. The van der Waals surface area contributed by atoms with Gasteiger partial charge in [-0.15, -0.1) is 0 Å². The summed E-state index contributed by atoms with van der Waals surface area (Å²) in [7, 11) is 2.20. The second kappa shape index (κ2) is 3.34. The molecule has 1 nitrogen and oxygen atoms in total. The molecule has 0 aromatic rings. The fourth-order valence-electron chi connectivity index (χ4n) is 6.70.